The third kappa shape index (κ3) is 3.30. The third-order valence-electron chi connectivity index (χ3n) is 3.17. The Balaban J connectivity index is 2.10. The van der Waals surface area contributed by atoms with Gasteiger partial charge in [0.05, 0.1) is 0 Å². The average Bonchev–Trinajstić information content (AvgIpc) is 2.98. The molecule has 0 atom stereocenters. The van der Waals surface area contributed by atoms with E-state index in [1.807, 2.05) is 11.8 Å². The van der Waals surface area contributed by atoms with Gasteiger partial charge in [-0.3, -0.25) is 14.6 Å². The molecule has 1 aliphatic rings. The second-order valence-electron chi connectivity index (χ2n) is 4.68. The van der Waals surface area contributed by atoms with Crippen molar-refractivity contribution in [1.82, 2.24) is 15.2 Å². The minimum absolute atomic E-state index is 0.00978. The SMILES string of the molecule is CCCNC(=O)c1cc(C(=O)N2CCCC2)ccn1. The second kappa shape index (κ2) is 6.31. The first-order chi connectivity index (χ1) is 9.22. The van der Waals surface area contributed by atoms with E-state index in [1.54, 1.807) is 12.1 Å². The summed E-state index contributed by atoms with van der Waals surface area (Å²) in [6, 6.07) is 3.24. The van der Waals surface area contributed by atoms with Crippen LogP contribution in [0.5, 0.6) is 0 Å². The number of likely N-dealkylation sites (tertiary alicyclic amines) is 1. The van der Waals surface area contributed by atoms with Crippen LogP contribution in [-0.2, 0) is 0 Å². The van der Waals surface area contributed by atoms with E-state index in [2.05, 4.69) is 10.3 Å². The number of carbonyl (C=O) groups is 2. The Bertz CT molecular complexity index is 468. The molecule has 0 aromatic carbocycles. The first-order valence-corrected chi connectivity index (χ1v) is 6.76. The molecule has 5 nitrogen and oxygen atoms in total. The predicted octanol–water partition coefficient (Wildman–Crippen LogP) is 1.46. The molecule has 5 heteroatoms. The summed E-state index contributed by atoms with van der Waals surface area (Å²) in [4.78, 5) is 29.8. The van der Waals surface area contributed by atoms with Crippen LogP contribution in [0.4, 0.5) is 0 Å². The summed E-state index contributed by atoms with van der Waals surface area (Å²) in [5, 5.41) is 2.76. The predicted molar refractivity (Wildman–Crippen MR) is 72.0 cm³/mol. The Morgan fingerprint density at radius 2 is 2.11 bits per heavy atom. The summed E-state index contributed by atoms with van der Waals surface area (Å²) in [5.74, 6) is -0.234. The number of rotatable bonds is 4. The van der Waals surface area contributed by atoms with Crippen LogP contribution >= 0.6 is 0 Å². The zero-order chi connectivity index (χ0) is 13.7. The maximum Gasteiger partial charge on any atom is 0.269 e. The number of aromatic nitrogens is 1. The number of hydrogen-bond donors (Lipinski definition) is 1. The lowest BCUT2D eigenvalue weighted by Crippen LogP contribution is -2.29. The standard InChI is InChI=1S/C14H19N3O2/c1-2-6-16-13(18)12-10-11(5-7-15-12)14(19)17-8-3-4-9-17/h5,7,10H,2-4,6,8-9H2,1H3,(H,16,18). The molecule has 1 saturated heterocycles. The van der Waals surface area contributed by atoms with Crippen molar-refractivity contribution in [3.63, 3.8) is 0 Å². The zero-order valence-corrected chi connectivity index (χ0v) is 11.2. The lowest BCUT2D eigenvalue weighted by molar-refractivity contribution is 0.0792. The molecule has 0 saturated carbocycles. The Morgan fingerprint density at radius 3 is 2.79 bits per heavy atom. The lowest BCUT2D eigenvalue weighted by atomic mass is 10.2. The molecule has 1 N–H and O–H groups in total. The van der Waals surface area contributed by atoms with Gasteiger partial charge in [0.2, 0.25) is 0 Å². The monoisotopic (exact) mass is 261 g/mol. The van der Waals surface area contributed by atoms with Gasteiger partial charge in [0.1, 0.15) is 5.69 Å². The molecule has 0 radical (unpaired) electrons. The van der Waals surface area contributed by atoms with E-state index in [1.165, 1.54) is 6.20 Å². The summed E-state index contributed by atoms with van der Waals surface area (Å²) in [5.41, 5.74) is 0.844. The van der Waals surface area contributed by atoms with Crippen molar-refractivity contribution in [2.24, 2.45) is 0 Å². The molecule has 102 valence electrons. The van der Waals surface area contributed by atoms with Gasteiger partial charge in [-0.05, 0) is 31.4 Å². The Labute approximate surface area is 113 Å². The quantitative estimate of drug-likeness (QED) is 0.892. The minimum Gasteiger partial charge on any atom is -0.351 e. The topological polar surface area (TPSA) is 62.3 Å². The number of amides is 2. The normalized spacial score (nSPS) is 14.5. The van der Waals surface area contributed by atoms with E-state index in [9.17, 15) is 9.59 Å². The molecule has 1 fully saturated rings. The van der Waals surface area contributed by atoms with Gasteiger partial charge in [-0.15, -0.1) is 0 Å². The first-order valence-electron chi connectivity index (χ1n) is 6.76. The zero-order valence-electron chi connectivity index (χ0n) is 11.2. The van der Waals surface area contributed by atoms with Gasteiger partial charge in [0.15, 0.2) is 0 Å². The Hall–Kier alpha value is -1.91. The second-order valence-corrected chi connectivity index (χ2v) is 4.68. The van der Waals surface area contributed by atoms with Crippen molar-refractivity contribution < 1.29 is 9.59 Å². The van der Waals surface area contributed by atoms with Crippen LogP contribution in [0.15, 0.2) is 18.3 Å². The molecule has 1 aromatic heterocycles. The average molecular weight is 261 g/mol. The van der Waals surface area contributed by atoms with E-state index >= 15 is 0 Å². The van der Waals surface area contributed by atoms with E-state index in [0.29, 0.717) is 17.8 Å². The summed E-state index contributed by atoms with van der Waals surface area (Å²) >= 11 is 0. The van der Waals surface area contributed by atoms with Gasteiger partial charge < -0.3 is 10.2 Å². The number of carbonyl (C=O) groups excluding carboxylic acids is 2. The maximum atomic E-state index is 12.2. The molecule has 1 aromatic rings. The molecule has 0 unspecified atom stereocenters. The van der Waals surface area contributed by atoms with Crippen LogP contribution in [0.1, 0.15) is 47.0 Å². The summed E-state index contributed by atoms with van der Waals surface area (Å²) < 4.78 is 0. The highest BCUT2D eigenvalue weighted by Crippen LogP contribution is 2.13. The summed E-state index contributed by atoms with van der Waals surface area (Å²) in [6.07, 6.45) is 4.50. The fourth-order valence-electron chi connectivity index (χ4n) is 2.12. The van der Waals surface area contributed by atoms with Crippen molar-refractivity contribution >= 4 is 11.8 Å². The first kappa shape index (κ1) is 13.5. The van der Waals surface area contributed by atoms with E-state index in [-0.39, 0.29) is 11.8 Å². The van der Waals surface area contributed by atoms with Crippen LogP contribution in [0.25, 0.3) is 0 Å². The van der Waals surface area contributed by atoms with Crippen molar-refractivity contribution in [1.29, 1.82) is 0 Å². The number of nitrogens with zero attached hydrogens (tertiary/aromatic N) is 2. The molecule has 19 heavy (non-hydrogen) atoms. The number of pyridine rings is 1. The molecular weight excluding hydrogens is 242 g/mol. The van der Waals surface area contributed by atoms with Gasteiger partial charge in [-0.1, -0.05) is 6.92 Å². The van der Waals surface area contributed by atoms with Crippen LogP contribution < -0.4 is 5.32 Å². The molecule has 0 aliphatic carbocycles. The molecule has 1 aliphatic heterocycles. The number of hydrogen-bond acceptors (Lipinski definition) is 3. The smallest absolute Gasteiger partial charge is 0.269 e. The third-order valence-corrected chi connectivity index (χ3v) is 3.17. The van der Waals surface area contributed by atoms with Gasteiger partial charge in [-0.2, -0.15) is 0 Å². The fraction of sp³-hybridized carbons (Fsp3) is 0.500. The summed E-state index contributed by atoms with van der Waals surface area (Å²) in [7, 11) is 0. The molecule has 2 heterocycles. The van der Waals surface area contributed by atoms with E-state index in [4.69, 9.17) is 0 Å². The Kier molecular flexibility index (Phi) is 4.49. The van der Waals surface area contributed by atoms with Gasteiger partial charge in [-0.25, -0.2) is 0 Å². The lowest BCUT2D eigenvalue weighted by Gasteiger charge is -2.15. The molecule has 0 bridgehead atoms. The Morgan fingerprint density at radius 1 is 1.37 bits per heavy atom. The summed E-state index contributed by atoms with van der Waals surface area (Å²) in [6.45, 7) is 4.21. The number of nitrogens with one attached hydrogen (secondary N) is 1. The van der Waals surface area contributed by atoms with Crippen molar-refractivity contribution in [3.05, 3.63) is 29.6 Å². The van der Waals surface area contributed by atoms with Crippen LogP contribution in [0.3, 0.4) is 0 Å². The molecule has 2 rings (SSSR count). The van der Waals surface area contributed by atoms with E-state index in [0.717, 1.165) is 32.4 Å². The highest BCUT2D eigenvalue weighted by Gasteiger charge is 2.20. The van der Waals surface area contributed by atoms with Gasteiger partial charge in [0, 0.05) is 31.4 Å². The largest absolute Gasteiger partial charge is 0.351 e. The van der Waals surface area contributed by atoms with Crippen molar-refractivity contribution in [2.45, 2.75) is 26.2 Å². The van der Waals surface area contributed by atoms with E-state index < -0.39 is 0 Å². The van der Waals surface area contributed by atoms with Crippen LogP contribution in [-0.4, -0.2) is 41.3 Å². The highest BCUT2D eigenvalue weighted by atomic mass is 16.2. The van der Waals surface area contributed by atoms with Crippen LogP contribution in [0.2, 0.25) is 0 Å². The van der Waals surface area contributed by atoms with Crippen LogP contribution in [0, 0.1) is 0 Å². The van der Waals surface area contributed by atoms with Crippen molar-refractivity contribution in [3.8, 4) is 0 Å². The molecular formula is C14H19N3O2. The molecule has 2 amide bonds. The fourth-order valence-corrected chi connectivity index (χ4v) is 2.12. The van der Waals surface area contributed by atoms with Gasteiger partial charge in [0.25, 0.3) is 11.8 Å². The maximum absolute atomic E-state index is 12.2. The van der Waals surface area contributed by atoms with Crippen molar-refractivity contribution in [2.75, 3.05) is 19.6 Å². The highest BCUT2D eigenvalue weighted by molar-refractivity contribution is 5.98. The van der Waals surface area contributed by atoms with Gasteiger partial charge >= 0.3 is 0 Å². The molecule has 0 spiro atoms. The minimum atomic E-state index is -0.224.